The number of aromatic nitrogens is 3. The highest BCUT2D eigenvalue weighted by Crippen LogP contribution is 2.45. The first-order chi connectivity index (χ1) is 15.7. The number of imidazole rings is 1. The Morgan fingerprint density at radius 1 is 0.938 bits per heavy atom. The molecule has 1 fully saturated rings. The zero-order valence-corrected chi connectivity index (χ0v) is 17.3. The summed E-state index contributed by atoms with van der Waals surface area (Å²) in [5, 5.41) is 5.57. The fraction of sp³-hybridized carbons (Fsp3) is 0.115. The van der Waals surface area contributed by atoms with Crippen molar-refractivity contribution in [2.45, 2.75) is 5.72 Å². The van der Waals surface area contributed by atoms with Crippen LogP contribution in [0.2, 0.25) is 0 Å². The average molecular weight is 419 g/mol. The molecule has 3 heterocycles. The van der Waals surface area contributed by atoms with E-state index in [1.807, 2.05) is 30.5 Å². The van der Waals surface area contributed by atoms with Gasteiger partial charge >= 0.3 is 0 Å². The Morgan fingerprint density at radius 2 is 1.66 bits per heavy atom. The summed E-state index contributed by atoms with van der Waals surface area (Å²) < 4.78 is 8.21. The first-order valence-electron chi connectivity index (χ1n) is 10.7. The van der Waals surface area contributed by atoms with Crippen LogP contribution in [0.5, 0.6) is 0 Å². The van der Waals surface area contributed by atoms with Gasteiger partial charge in [0.15, 0.2) is 5.72 Å². The summed E-state index contributed by atoms with van der Waals surface area (Å²) in [4.78, 5) is 8.62. The van der Waals surface area contributed by atoms with Crippen LogP contribution in [0.1, 0.15) is 0 Å². The molecule has 1 unspecified atom stereocenters. The monoisotopic (exact) mass is 419 g/mol. The number of fused-ring (bicyclic) bond motifs is 7. The molecule has 1 saturated heterocycles. The van der Waals surface area contributed by atoms with Gasteiger partial charge in [0.25, 0.3) is 0 Å². The van der Waals surface area contributed by atoms with Crippen molar-refractivity contribution in [3.63, 3.8) is 0 Å². The molecule has 0 bridgehead atoms. The van der Waals surface area contributed by atoms with E-state index in [-0.39, 0.29) is 0 Å². The molecule has 5 N–H and O–H groups in total. The molecule has 6 heteroatoms. The van der Waals surface area contributed by atoms with Gasteiger partial charge in [-0.25, -0.2) is 4.98 Å². The summed E-state index contributed by atoms with van der Waals surface area (Å²) in [7, 11) is 0. The van der Waals surface area contributed by atoms with Crippen molar-refractivity contribution in [3.8, 4) is 11.4 Å². The number of anilines is 1. The minimum absolute atomic E-state index is 0.372. The van der Waals surface area contributed by atoms with Gasteiger partial charge in [-0.05, 0) is 29.0 Å². The molecule has 1 aliphatic rings. The molecule has 0 amide bonds. The maximum atomic E-state index is 6.27. The van der Waals surface area contributed by atoms with Crippen LogP contribution in [-0.4, -0.2) is 27.7 Å². The number of hydrogen-bond donors (Lipinski definition) is 3. The lowest BCUT2D eigenvalue weighted by molar-refractivity contribution is 0.239. The quantitative estimate of drug-likeness (QED) is 0.220. The Bertz CT molecular complexity index is 1690. The van der Waals surface area contributed by atoms with Gasteiger partial charge in [-0.15, -0.1) is 0 Å². The Labute approximate surface area is 183 Å². The third-order valence-corrected chi connectivity index (χ3v) is 6.68. The molecule has 1 aliphatic heterocycles. The zero-order valence-electron chi connectivity index (χ0n) is 17.3. The molecular weight excluding hydrogens is 398 g/mol. The van der Waals surface area contributed by atoms with Crippen molar-refractivity contribution in [2.24, 2.45) is 5.73 Å². The number of benzene rings is 4. The van der Waals surface area contributed by atoms with Crippen LogP contribution in [0.3, 0.4) is 0 Å². The average Bonchev–Trinajstić information content (AvgIpc) is 3.33. The smallest absolute Gasteiger partial charge is 0.182 e. The number of rotatable bonds is 3. The van der Waals surface area contributed by atoms with Crippen LogP contribution >= 0.6 is 0 Å². The van der Waals surface area contributed by atoms with E-state index in [1.165, 1.54) is 0 Å². The summed E-state index contributed by atoms with van der Waals surface area (Å²) in [5.74, 6) is 0.848. The lowest BCUT2D eigenvalue weighted by atomic mass is 9.99. The minimum Gasteiger partial charge on any atom is -0.399 e. The van der Waals surface area contributed by atoms with Gasteiger partial charge in [0.1, 0.15) is 5.82 Å². The van der Waals surface area contributed by atoms with E-state index in [2.05, 4.69) is 52.0 Å². The van der Waals surface area contributed by atoms with Gasteiger partial charge in [-0.2, -0.15) is 0 Å². The van der Waals surface area contributed by atoms with Crippen molar-refractivity contribution in [1.82, 2.24) is 14.5 Å². The number of nitrogens with zero attached hydrogens (tertiary/aromatic N) is 2. The molecule has 0 saturated carbocycles. The molecule has 32 heavy (non-hydrogen) atoms. The first-order valence-corrected chi connectivity index (χ1v) is 10.7. The molecular formula is C26H21N5O. The third-order valence-electron chi connectivity index (χ3n) is 6.68. The first kappa shape index (κ1) is 17.8. The predicted octanol–water partition coefficient (Wildman–Crippen LogP) is 4.71. The zero-order chi connectivity index (χ0) is 21.4. The lowest BCUT2D eigenvalue weighted by Gasteiger charge is -2.17. The normalized spacial score (nSPS) is 18.3. The second kappa shape index (κ2) is 6.09. The highest BCUT2D eigenvalue weighted by molar-refractivity contribution is 6.24. The van der Waals surface area contributed by atoms with Gasteiger partial charge in [0.05, 0.1) is 17.6 Å². The maximum absolute atomic E-state index is 6.27. The van der Waals surface area contributed by atoms with Crippen LogP contribution < -0.4 is 11.5 Å². The third kappa shape index (κ3) is 2.22. The molecule has 0 aliphatic carbocycles. The van der Waals surface area contributed by atoms with Crippen LogP contribution in [0.15, 0.2) is 72.9 Å². The fourth-order valence-electron chi connectivity index (χ4n) is 5.03. The van der Waals surface area contributed by atoms with Gasteiger partial charge < -0.3 is 21.2 Å². The SMILES string of the molecule is NCC1(n2c(-c3c[nH]c4ccccc34)nc3c4cc(N)ccc4c4ccccc4c32)CO1. The van der Waals surface area contributed by atoms with Crippen LogP contribution in [0.25, 0.3) is 54.9 Å². The van der Waals surface area contributed by atoms with E-state index >= 15 is 0 Å². The highest BCUT2D eigenvalue weighted by atomic mass is 16.6. The van der Waals surface area contributed by atoms with Crippen molar-refractivity contribution in [2.75, 3.05) is 18.9 Å². The van der Waals surface area contributed by atoms with E-state index in [0.29, 0.717) is 18.8 Å². The van der Waals surface area contributed by atoms with Crippen molar-refractivity contribution < 1.29 is 4.74 Å². The van der Waals surface area contributed by atoms with E-state index < -0.39 is 5.72 Å². The molecule has 6 nitrogen and oxygen atoms in total. The topological polar surface area (TPSA) is 98.2 Å². The Morgan fingerprint density at radius 3 is 2.44 bits per heavy atom. The van der Waals surface area contributed by atoms with E-state index in [1.54, 1.807) is 0 Å². The molecule has 156 valence electrons. The van der Waals surface area contributed by atoms with Crippen molar-refractivity contribution >= 4 is 49.2 Å². The number of para-hydroxylation sites is 1. The molecule has 1 atom stereocenters. The largest absolute Gasteiger partial charge is 0.399 e. The summed E-state index contributed by atoms with van der Waals surface area (Å²) >= 11 is 0. The van der Waals surface area contributed by atoms with Crippen LogP contribution in [0, 0.1) is 0 Å². The molecule has 7 rings (SSSR count). The number of H-pyrrole nitrogens is 1. The van der Waals surface area contributed by atoms with Crippen molar-refractivity contribution in [1.29, 1.82) is 0 Å². The van der Waals surface area contributed by atoms with E-state index in [9.17, 15) is 0 Å². The standard InChI is InChI=1S/C26H21N5O/c27-13-26(14-32-26)31-24-19-7-2-1-5-16(19)17-10-9-15(28)11-20(17)23(24)30-25(31)21-12-29-22-8-4-3-6-18(21)22/h1-12,29H,13-14,27-28H2. The summed E-state index contributed by atoms with van der Waals surface area (Å²) in [5.41, 5.74) is 16.6. The van der Waals surface area contributed by atoms with Gasteiger partial charge in [0, 0.05) is 45.7 Å². The fourth-order valence-corrected chi connectivity index (χ4v) is 5.03. The molecule has 6 aromatic rings. The number of hydrogen-bond acceptors (Lipinski definition) is 4. The van der Waals surface area contributed by atoms with Gasteiger partial charge in [-0.3, -0.25) is 4.57 Å². The summed E-state index contributed by atoms with van der Waals surface area (Å²) in [6.45, 7) is 0.935. The Kier molecular flexibility index (Phi) is 3.39. The molecule has 0 radical (unpaired) electrons. The van der Waals surface area contributed by atoms with E-state index in [4.69, 9.17) is 21.2 Å². The second-order valence-electron chi connectivity index (χ2n) is 8.51. The predicted molar refractivity (Wildman–Crippen MR) is 129 cm³/mol. The second-order valence-corrected chi connectivity index (χ2v) is 8.51. The number of nitrogen functional groups attached to an aromatic ring is 1. The number of epoxide rings is 1. The van der Waals surface area contributed by atoms with Crippen LogP contribution in [0.4, 0.5) is 5.69 Å². The summed E-state index contributed by atoms with van der Waals surface area (Å²) in [6, 6.07) is 22.7. The number of ether oxygens (including phenoxy) is 1. The molecule has 2 aromatic heterocycles. The molecule has 4 aromatic carbocycles. The number of nitrogens with one attached hydrogen (secondary N) is 1. The van der Waals surface area contributed by atoms with Crippen molar-refractivity contribution in [3.05, 3.63) is 72.9 Å². The Hall–Kier alpha value is -3.87. The number of aromatic amines is 1. The van der Waals surface area contributed by atoms with Gasteiger partial charge in [0.2, 0.25) is 0 Å². The number of nitrogens with two attached hydrogens (primary N) is 2. The highest BCUT2D eigenvalue weighted by Gasteiger charge is 2.48. The Balaban J connectivity index is 1.73. The maximum Gasteiger partial charge on any atom is 0.182 e. The van der Waals surface area contributed by atoms with E-state index in [0.717, 1.165) is 54.9 Å². The van der Waals surface area contributed by atoms with Crippen LogP contribution in [-0.2, 0) is 10.5 Å². The minimum atomic E-state index is -0.598. The lowest BCUT2D eigenvalue weighted by Crippen LogP contribution is -2.29. The van der Waals surface area contributed by atoms with Gasteiger partial charge in [-0.1, -0.05) is 48.5 Å². The molecule has 0 spiro atoms. The summed E-state index contributed by atoms with van der Waals surface area (Å²) in [6.07, 6.45) is 2.02.